The smallest absolute Gasteiger partial charge is 0.271 e. The molecule has 0 saturated heterocycles. The van der Waals surface area contributed by atoms with Crippen LogP contribution in [0, 0.1) is 31.8 Å². The van der Waals surface area contributed by atoms with Crippen molar-refractivity contribution in [2.75, 3.05) is 0 Å². The lowest BCUT2D eigenvalue weighted by Gasteiger charge is -2.26. The molecule has 2 aromatic heterocycles. The monoisotopic (exact) mass is 446 g/mol. The van der Waals surface area contributed by atoms with Crippen molar-refractivity contribution in [2.24, 2.45) is 0 Å². The zero-order chi connectivity index (χ0) is 24.3. The normalized spacial score (nSPS) is 13.6. The maximum atomic E-state index is 12.9. The van der Waals surface area contributed by atoms with Gasteiger partial charge >= 0.3 is 0 Å². The molecular formula is C25H26N4O4. The van der Waals surface area contributed by atoms with Gasteiger partial charge in [0.2, 0.25) is 11.6 Å². The lowest BCUT2D eigenvalue weighted by atomic mass is 9.94. The van der Waals surface area contributed by atoms with E-state index < -0.39 is 11.1 Å². The Morgan fingerprint density at radius 1 is 1.06 bits per heavy atom. The molecule has 0 radical (unpaired) electrons. The van der Waals surface area contributed by atoms with Gasteiger partial charge in [-0.1, -0.05) is 19.3 Å². The summed E-state index contributed by atoms with van der Waals surface area (Å²) in [4.78, 5) is 29.0. The molecule has 8 heteroatoms. The Hall–Kier alpha value is -4.00. The Bertz CT molecular complexity index is 1370. The predicted octanol–water partition coefficient (Wildman–Crippen LogP) is 4.31. The molecule has 1 aliphatic carbocycles. The second-order valence-corrected chi connectivity index (χ2v) is 8.14. The van der Waals surface area contributed by atoms with Crippen LogP contribution < -0.4 is 11.1 Å². The first kappa shape index (κ1) is 23.7. The molecule has 1 fully saturated rings. The van der Waals surface area contributed by atoms with Gasteiger partial charge in [-0.25, -0.2) is 4.85 Å². The summed E-state index contributed by atoms with van der Waals surface area (Å²) in [6.07, 6.45) is 7.30. The summed E-state index contributed by atoms with van der Waals surface area (Å²) < 4.78 is 2.42. The Kier molecular flexibility index (Phi) is 6.92. The van der Waals surface area contributed by atoms with Gasteiger partial charge < -0.3 is 10.2 Å². The molecule has 0 aliphatic heterocycles. The molecule has 0 atom stereocenters. The highest BCUT2D eigenvalue weighted by molar-refractivity contribution is 5.70. The Balaban J connectivity index is 2.22. The number of hydrogen-bond donors (Lipinski definition) is 2. The van der Waals surface area contributed by atoms with Crippen LogP contribution in [-0.2, 0) is 6.54 Å². The first-order chi connectivity index (χ1) is 15.8. The van der Waals surface area contributed by atoms with E-state index >= 15 is 0 Å². The Morgan fingerprint density at radius 3 is 2.27 bits per heavy atom. The average Bonchev–Trinajstić information content (AvgIpc) is 2.79. The Labute approximate surface area is 191 Å². The Morgan fingerprint density at radius 2 is 1.70 bits per heavy atom. The number of aromatic hydroxyl groups is 2. The standard InChI is InChI=1S/C25H26N4O4/c1-5-28-22(30)19(16(3)21(27-4)25(28)33)13-9-12-18-15(2)20(14-26)24(32)29(23(18)31)17-10-7-6-8-11-17/h12-13,17,31,33H,5-8,10-11H2,1-3H3. The number of nitriles is 1. The average molecular weight is 447 g/mol. The summed E-state index contributed by atoms with van der Waals surface area (Å²) in [5.74, 6) is -0.595. The molecule has 0 amide bonds. The molecule has 1 saturated carbocycles. The number of pyridine rings is 2. The second-order valence-electron chi connectivity index (χ2n) is 8.14. The summed E-state index contributed by atoms with van der Waals surface area (Å²) in [5.41, 5.74) is 3.00. The van der Waals surface area contributed by atoms with Crippen LogP contribution in [-0.4, -0.2) is 19.3 Å². The molecule has 3 rings (SSSR count). The van der Waals surface area contributed by atoms with Crippen LogP contribution in [0.3, 0.4) is 0 Å². The van der Waals surface area contributed by atoms with Gasteiger partial charge in [0, 0.05) is 23.7 Å². The van der Waals surface area contributed by atoms with Crippen molar-refractivity contribution >= 4 is 17.8 Å². The molecule has 170 valence electrons. The first-order valence-corrected chi connectivity index (χ1v) is 10.9. The third kappa shape index (κ3) is 4.09. The fourth-order valence-corrected chi connectivity index (χ4v) is 4.42. The zero-order valence-corrected chi connectivity index (χ0v) is 19.0. The van der Waals surface area contributed by atoms with Crippen molar-refractivity contribution in [2.45, 2.75) is 65.5 Å². The van der Waals surface area contributed by atoms with Crippen molar-refractivity contribution in [1.82, 2.24) is 9.13 Å². The van der Waals surface area contributed by atoms with Gasteiger partial charge in [0.1, 0.15) is 11.6 Å². The van der Waals surface area contributed by atoms with Crippen molar-refractivity contribution < 1.29 is 10.2 Å². The van der Waals surface area contributed by atoms with Crippen LogP contribution in [0.4, 0.5) is 5.69 Å². The maximum absolute atomic E-state index is 12.9. The van der Waals surface area contributed by atoms with Gasteiger partial charge in [0.05, 0.1) is 6.57 Å². The largest absolute Gasteiger partial charge is 0.503 e. The molecule has 2 aromatic rings. The lowest BCUT2D eigenvalue weighted by molar-refractivity contribution is 0.302. The molecule has 0 unspecified atom stereocenters. The van der Waals surface area contributed by atoms with E-state index in [1.165, 1.54) is 16.7 Å². The number of nitrogens with zero attached hydrogens (tertiary/aromatic N) is 4. The van der Waals surface area contributed by atoms with Crippen molar-refractivity contribution in [3.05, 3.63) is 65.7 Å². The summed E-state index contributed by atoms with van der Waals surface area (Å²) in [6, 6.07) is 1.78. The van der Waals surface area contributed by atoms with Gasteiger partial charge in [-0.3, -0.25) is 18.7 Å². The molecule has 33 heavy (non-hydrogen) atoms. The molecule has 1 aliphatic rings. The summed E-state index contributed by atoms with van der Waals surface area (Å²) >= 11 is 0. The minimum Gasteiger partial charge on any atom is -0.503 e. The van der Waals surface area contributed by atoms with Crippen LogP contribution in [0.5, 0.6) is 11.8 Å². The SMILES string of the molecule is [C-]#[N+]c1c(C)c(C=C=Cc2c(C)c(C#N)c(=O)n(C3CCCCC3)c2O)c(=O)n(CC)c1O. The van der Waals surface area contributed by atoms with E-state index in [-0.39, 0.29) is 46.7 Å². The predicted molar refractivity (Wildman–Crippen MR) is 125 cm³/mol. The van der Waals surface area contributed by atoms with Gasteiger partial charge in [0.15, 0.2) is 5.88 Å². The van der Waals surface area contributed by atoms with E-state index in [2.05, 4.69) is 10.6 Å². The van der Waals surface area contributed by atoms with Crippen LogP contribution in [0.25, 0.3) is 17.0 Å². The quantitative estimate of drug-likeness (QED) is 0.537. The molecule has 0 bridgehead atoms. The maximum Gasteiger partial charge on any atom is 0.271 e. The number of rotatable bonds is 4. The highest BCUT2D eigenvalue weighted by Gasteiger charge is 2.24. The molecule has 2 heterocycles. The van der Waals surface area contributed by atoms with E-state index in [1.54, 1.807) is 20.8 Å². The van der Waals surface area contributed by atoms with Crippen molar-refractivity contribution in [3.8, 4) is 17.8 Å². The molecule has 2 N–H and O–H groups in total. The molecule has 0 aromatic carbocycles. The minimum absolute atomic E-state index is 0.0128. The van der Waals surface area contributed by atoms with Gasteiger partial charge in [0.25, 0.3) is 11.1 Å². The van der Waals surface area contributed by atoms with E-state index in [4.69, 9.17) is 6.57 Å². The summed E-state index contributed by atoms with van der Waals surface area (Å²) in [7, 11) is 0. The highest BCUT2D eigenvalue weighted by Crippen LogP contribution is 2.34. The number of aromatic nitrogens is 2. The van der Waals surface area contributed by atoms with Crippen LogP contribution in [0.2, 0.25) is 0 Å². The van der Waals surface area contributed by atoms with Crippen LogP contribution >= 0.6 is 0 Å². The fourth-order valence-electron chi connectivity index (χ4n) is 4.42. The highest BCUT2D eigenvalue weighted by atomic mass is 16.3. The summed E-state index contributed by atoms with van der Waals surface area (Å²) in [6.45, 7) is 12.4. The first-order valence-electron chi connectivity index (χ1n) is 10.9. The van der Waals surface area contributed by atoms with E-state index in [0.29, 0.717) is 11.1 Å². The second kappa shape index (κ2) is 9.65. The topological polar surface area (TPSA) is 113 Å². The zero-order valence-electron chi connectivity index (χ0n) is 19.0. The third-order valence-electron chi connectivity index (χ3n) is 6.32. The third-order valence-corrected chi connectivity index (χ3v) is 6.32. The lowest BCUT2D eigenvalue weighted by Crippen LogP contribution is -2.29. The van der Waals surface area contributed by atoms with Crippen LogP contribution in [0.1, 0.15) is 72.9 Å². The molecular weight excluding hydrogens is 420 g/mol. The van der Waals surface area contributed by atoms with E-state index in [0.717, 1.165) is 36.7 Å². The molecule has 0 spiro atoms. The van der Waals surface area contributed by atoms with Gasteiger partial charge in [-0.15, -0.1) is 5.73 Å². The number of hydrogen-bond acceptors (Lipinski definition) is 5. The van der Waals surface area contributed by atoms with Gasteiger partial charge in [-0.05, 0) is 56.9 Å². The molecule has 8 nitrogen and oxygen atoms in total. The minimum atomic E-state index is -0.498. The van der Waals surface area contributed by atoms with Gasteiger partial charge in [-0.2, -0.15) is 5.26 Å². The van der Waals surface area contributed by atoms with Crippen molar-refractivity contribution in [3.63, 3.8) is 0 Å². The van der Waals surface area contributed by atoms with Crippen molar-refractivity contribution in [1.29, 1.82) is 5.26 Å². The fraction of sp³-hybridized carbons (Fsp3) is 0.400. The summed E-state index contributed by atoms with van der Waals surface area (Å²) in [5, 5.41) is 30.7. The van der Waals surface area contributed by atoms with E-state index in [1.807, 2.05) is 6.07 Å². The van der Waals surface area contributed by atoms with E-state index in [9.17, 15) is 25.1 Å². The van der Waals surface area contributed by atoms with Crippen LogP contribution in [0.15, 0.2) is 15.3 Å².